The van der Waals surface area contributed by atoms with Gasteiger partial charge in [-0.05, 0) is 63.6 Å². The number of rotatable bonds is 3. The highest BCUT2D eigenvalue weighted by atomic mass is 14.9. The van der Waals surface area contributed by atoms with Crippen LogP contribution in [0.1, 0.15) is 48.4 Å². The predicted molar refractivity (Wildman–Crippen MR) is 77.7 cm³/mol. The van der Waals surface area contributed by atoms with Crippen molar-refractivity contribution in [3.8, 4) is 0 Å². The molecule has 100 valence electrons. The molecule has 0 radical (unpaired) electrons. The molecule has 1 aromatic rings. The molecule has 1 aromatic carbocycles. The topological polar surface area (TPSA) is 38.0 Å². The first-order valence-electron chi connectivity index (χ1n) is 7.12. The third kappa shape index (κ3) is 2.93. The quantitative estimate of drug-likeness (QED) is 0.860. The van der Waals surface area contributed by atoms with Crippen LogP contribution in [0.15, 0.2) is 18.2 Å². The van der Waals surface area contributed by atoms with Crippen LogP contribution in [0.4, 0.5) is 0 Å². The molecule has 0 heterocycles. The van der Waals surface area contributed by atoms with Gasteiger partial charge < -0.3 is 11.1 Å². The molecule has 2 rings (SSSR count). The fourth-order valence-electron chi connectivity index (χ4n) is 3.30. The van der Waals surface area contributed by atoms with Gasteiger partial charge in [-0.15, -0.1) is 0 Å². The van der Waals surface area contributed by atoms with Crippen LogP contribution in [0.5, 0.6) is 0 Å². The largest absolute Gasteiger partial charge is 0.328 e. The minimum Gasteiger partial charge on any atom is -0.328 e. The second-order valence-electron chi connectivity index (χ2n) is 5.80. The fraction of sp³-hybridized carbons (Fsp3) is 0.625. The summed E-state index contributed by atoms with van der Waals surface area (Å²) in [5, 5.41) is 3.52. The first kappa shape index (κ1) is 13.6. The SMILES string of the molecule is CNC(c1ccc(C)cc1C)C1CCC(N)CC1. The molecule has 2 heteroatoms. The second kappa shape index (κ2) is 5.85. The number of nitrogens with two attached hydrogens (primary N) is 1. The standard InChI is InChI=1S/C16H26N2/c1-11-4-9-15(12(2)10-11)16(18-3)13-5-7-14(17)8-6-13/h4,9-10,13-14,16,18H,5-8,17H2,1-3H3. The van der Waals surface area contributed by atoms with Gasteiger partial charge >= 0.3 is 0 Å². The summed E-state index contributed by atoms with van der Waals surface area (Å²) in [4.78, 5) is 0. The van der Waals surface area contributed by atoms with Crippen LogP contribution in [-0.2, 0) is 0 Å². The zero-order valence-corrected chi connectivity index (χ0v) is 11.9. The van der Waals surface area contributed by atoms with Gasteiger partial charge in [-0.25, -0.2) is 0 Å². The second-order valence-corrected chi connectivity index (χ2v) is 5.80. The van der Waals surface area contributed by atoms with Crippen LogP contribution in [0.25, 0.3) is 0 Å². The number of nitrogens with one attached hydrogen (secondary N) is 1. The number of hydrogen-bond acceptors (Lipinski definition) is 2. The van der Waals surface area contributed by atoms with Crippen molar-refractivity contribution in [3.63, 3.8) is 0 Å². The van der Waals surface area contributed by atoms with Crippen molar-refractivity contribution in [1.29, 1.82) is 0 Å². The lowest BCUT2D eigenvalue weighted by Gasteiger charge is -2.33. The summed E-state index contributed by atoms with van der Waals surface area (Å²) in [6.07, 6.45) is 4.85. The van der Waals surface area contributed by atoms with Gasteiger partial charge in [-0.1, -0.05) is 23.8 Å². The first-order chi connectivity index (χ1) is 8.61. The summed E-state index contributed by atoms with van der Waals surface area (Å²) >= 11 is 0. The molecule has 1 fully saturated rings. The molecule has 1 saturated carbocycles. The maximum atomic E-state index is 6.01. The van der Waals surface area contributed by atoms with E-state index in [1.165, 1.54) is 42.4 Å². The normalized spacial score (nSPS) is 26.0. The van der Waals surface area contributed by atoms with Crippen LogP contribution < -0.4 is 11.1 Å². The Bertz CT molecular complexity index is 392. The van der Waals surface area contributed by atoms with Crippen molar-refractivity contribution in [2.45, 2.75) is 51.6 Å². The summed E-state index contributed by atoms with van der Waals surface area (Å²) in [5.41, 5.74) is 10.2. The van der Waals surface area contributed by atoms with Crippen molar-refractivity contribution in [2.24, 2.45) is 11.7 Å². The predicted octanol–water partition coefficient (Wildman–Crippen LogP) is 3.08. The molecular weight excluding hydrogens is 220 g/mol. The summed E-state index contributed by atoms with van der Waals surface area (Å²) in [7, 11) is 2.08. The molecule has 1 aliphatic carbocycles. The third-order valence-electron chi connectivity index (χ3n) is 4.36. The van der Waals surface area contributed by atoms with Crippen molar-refractivity contribution < 1.29 is 0 Å². The van der Waals surface area contributed by atoms with Crippen LogP contribution in [-0.4, -0.2) is 13.1 Å². The number of aryl methyl sites for hydroxylation is 2. The lowest BCUT2D eigenvalue weighted by Crippen LogP contribution is -2.33. The maximum Gasteiger partial charge on any atom is 0.0348 e. The van der Waals surface area contributed by atoms with Gasteiger partial charge in [0.05, 0.1) is 0 Å². The number of benzene rings is 1. The molecule has 0 bridgehead atoms. The zero-order chi connectivity index (χ0) is 13.1. The average Bonchev–Trinajstić information content (AvgIpc) is 2.35. The molecular formula is C16H26N2. The minimum absolute atomic E-state index is 0.429. The van der Waals surface area contributed by atoms with E-state index in [1.807, 2.05) is 0 Å². The zero-order valence-electron chi connectivity index (χ0n) is 11.9. The maximum absolute atomic E-state index is 6.01. The van der Waals surface area contributed by atoms with E-state index in [2.05, 4.69) is 44.4 Å². The van der Waals surface area contributed by atoms with Crippen molar-refractivity contribution in [2.75, 3.05) is 7.05 Å². The Balaban J connectivity index is 2.17. The molecule has 0 amide bonds. The molecule has 18 heavy (non-hydrogen) atoms. The van der Waals surface area contributed by atoms with E-state index in [1.54, 1.807) is 0 Å². The van der Waals surface area contributed by atoms with Gasteiger partial charge in [0.1, 0.15) is 0 Å². The fourth-order valence-corrected chi connectivity index (χ4v) is 3.30. The molecule has 1 aliphatic rings. The molecule has 2 nitrogen and oxygen atoms in total. The van der Waals surface area contributed by atoms with E-state index in [4.69, 9.17) is 5.73 Å². The molecule has 0 spiro atoms. The number of hydrogen-bond donors (Lipinski definition) is 2. The Labute approximate surface area is 111 Å². The van der Waals surface area contributed by atoms with E-state index < -0.39 is 0 Å². The lowest BCUT2D eigenvalue weighted by molar-refractivity contribution is 0.262. The Morgan fingerprint density at radius 2 is 1.83 bits per heavy atom. The smallest absolute Gasteiger partial charge is 0.0348 e. The summed E-state index contributed by atoms with van der Waals surface area (Å²) in [6.45, 7) is 4.38. The van der Waals surface area contributed by atoms with Crippen molar-refractivity contribution in [1.82, 2.24) is 5.32 Å². The van der Waals surface area contributed by atoms with Crippen molar-refractivity contribution in [3.05, 3.63) is 34.9 Å². The highest BCUT2D eigenvalue weighted by molar-refractivity contribution is 5.33. The first-order valence-corrected chi connectivity index (χ1v) is 7.12. The Morgan fingerprint density at radius 1 is 1.17 bits per heavy atom. The van der Waals surface area contributed by atoms with Crippen LogP contribution >= 0.6 is 0 Å². The summed E-state index contributed by atoms with van der Waals surface area (Å²) < 4.78 is 0. The van der Waals surface area contributed by atoms with E-state index in [9.17, 15) is 0 Å². The van der Waals surface area contributed by atoms with Gasteiger partial charge in [-0.3, -0.25) is 0 Å². The monoisotopic (exact) mass is 246 g/mol. The van der Waals surface area contributed by atoms with Gasteiger partial charge in [0.15, 0.2) is 0 Å². The summed E-state index contributed by atoms with van der Waals surface area (Å²) in [5.74, 6) is 0.733. The Morgan fingerprint density at radius 3 is 2.39 bits per heavy atom. The van der Waals surface area contributed by atoms with Crippen LogP contribution in [0.2, 0.25) is 0 Å². The average molecular weight is 246 g/mol. The molecule has 1 unspecified atom stereocenters. The Kier molecular flexibility index (Phi) is 4.41. The molecule has 0 aromatic heterocycles. The van der Waals surface area contributed by atoms with E-state index in [-0.39, 0.29) is 0 Å². The summed E-state index contributed by atoms with van der Waals surface area (Å²) in [6, 6.07) is 7.71. The van der Waals surface area contributed by atoms with Crippen LogP contribution in [0.3, 0.4) is 0 Å². The lowest BCUT2D eigenvalue weighted by atomic mass is 9.78. The van der Waals surface area contributed by atoms with Crippen LogP contribution in [0, 0.1) is 19.8 Å². The van der Waals surface area contributed by atoms with Gasteiger partial charge in [0.25, 0.3) is 0 Å². The molecule has 0 aliphatic heterocycles. The third-order valence-corrected chi connectivity index (χ3v) is 4.36. The molecule has 1 atom stereocenters. The van der Waals surface area contributed by atoms with Gasteiger partial charge in [0.2, 0.25) is 0 Å². The minimum atomic E-state index is 0.429. The van der Waals surface area contributed by atoms with E-state index in [0.29, 0.717) is 12.1 Å². The molecule has 3 N–H and O–H groups in total. The van der Waals surface area contributed by atoms with Gasteiger partial charge in [0, 0.05) is 12.1 Å². The van der Waals surface area contributed by atoms with E-state index in [0.717, 1.165) is 5.92 Å². The van der Waals surface area contributed by atoms with Gasteiger partial charge in [-0.2, -0.15) is 0 Å². The highest BCUT2D eigenvalue weighted by Gasteiger charge is 2.27. The van der Waals surface area contributed by atoms with Crippen molar-refractivity contribution >= 4 is 0 Å². The molecule has 0 saturated heterocycles. The Hall–Kier alpha value is -0.860. The van der Waals surface area contributed by atoms with E-state index >= 15 is 0 Å². The highest BCUT2D eigenvalue weighted by Crippen LogP contribution is 2.35.